The van der Waals surface area contributed by atoms with Crippen molar-refractivity contribution in [3.05, 3.63) is 59.6 Å². The van der Waals surface area contributed by atoms with Crippen molar-refractivity contribution in [3.63, 3.8) is 0 Å². The van der Waals surface area contributed by atoms with Gasteiger partial charge in [0.1, 0.15) is 17.9 Å². The van der Waals surface area contributed by atoms with Crippen molar-refractivity contribution < 1.29 is 13.9 Å². The monoisotopic (exact) mass is 406 g/mol. The minimum absolute atomic E-state index is 0.137. The van der Waals surface area contributed by atoms with Crippen LogP contribution in [0.25, 0.3) is 5.69 Å². The Labute approximate surface area is 164 Å². The number of methoxy groups -OCH3 is 1. The number of amides is 1. The van der Waals surface area contributed by atoms with Crippen molar-refractivity contribution >= 4 is 35.0 Å². The van der Waals surface area contributed by atoms with Crippen LogP contribution in [0, 0.1) is 5.82 Å². The maximum Gasteiger partial charge on any atom is 0.237 e. The number of carbonyl (C=O) groups is 1. The molecular weight excluding hydrogens is 391 g/mol. The van der Waals surface area contributed by atoms with Crippen molar-refractivity contribution in [1.82, 2.24) is 14.8 Å². The molecule has 3 rings (SSSR count). The van der Waals surface area contributed by atoms with E-state index in [1.807, 2.05) is 24.3 Å². The molecule has 1 amide bonds. The summed E-state index contributed by atoms with van der Waals surface area (Å²) in [7, 11) is 1.58. The number of nitrogens with zero attached hydrogens (tertiary/aromatic N) is 3. The van der Waals surface area contributed by atoms with Crippen LogP contribution in [0.4, 0.5) is 10.1 Å². The second-order valence-electron chi connectivity index (χ2n) is 5.53. The average molecular weight is 407 g/mol. The highest BCUT2D eigenvalue weighted by molar-refractivity contribution is 8.00. The quantitative estimate of drug-likeness (QED) is 0.622. The van der Waals surface area contributed by atoms with Gasteiger partial charge in [0.2, 0.25) is 5.91 Å². The molecule has 2 aromatic carbocycles. The minimum atomic E-state index is -0.497. The summed E-state index contributed by atoms with van der Waals surface area (Å²) >= 11 is 7.19. The summed E-state index contributed by atoms with van der Waals surface area (Å²) < 4.78 is 20.2. The fourth-order valence-corrected chi connectivity index (χ4v) is 3.39. The highest BCUT2D eigenvalue weighted by atomic mass is 35.5. The topological polar surface area (TPSA) is 69.0 Å². The Balaban J connectivity index is 1.76. The summed E-state index contributed by atoms with van der Waals surface area (Å²) in [5.74, 6) is -0.0947. The van der Waals surface area contributed by atoms with Gasteiger partial charge in [-0.15, -0.1) is 10.2 Å². The minimum Gasteiger partial charge on any atom is -0.495 e. The van der Waals surface area contributed by atoms with Crippen LogP contribution in [0.3, 0.4) is 0 Å². The van der Waals surface area contributed by atoms with Gasteiger partial charge in [-0.25, -0.2) is 4.39 Å². The SMILES string of the molecule is COc1ccccc1-n1cnnc1S[C@@H](C)C(=O)Nc1ccc(F)cc1Cl. The van der Waals surface area contributed by atoms with Gasteiger partial charge in [0.25, 0.3) is 0 Å². The number of halogens is 2. The number of aromatic nitrogens is 3. The summed E-state index contributed by atoms with van der Waals surface area (Å²) in [5.41, 5.74) is 1.11. The van der Waals surface area contributed by atoms with E-state index >= 15 is 0 Å². The molecule has 0 saturated heterocycles. The number of nitrogens with one attached hydrogen (secondary N) is 1. The van der Waals surface area contributed by atoms with Gasteiger partial charge < -0.3 is 10.1 Å². The summed E-state index contributed by atoms with van der Waals surface area (Å²) in [6.07, 6.45) is 1.56. The van der Waals surface area contributed by atoms with E-state index in [4.69, 9.17) is 16.3 Å². The number of hydrogen-bond donors (Lipinski definition) is 1. The Morgan fingerprint density at radius 3 is 2.85 bits per heavy atom. The maximum absolute atomic E-state index is 13.1. The van der Waals surface area contributed by atoms with Gasteiger partial charge in [-0.1, -0.05) is 35.5 Å². The van der Waals surface area contributed by atoms with E-state index in [0.717, 1.165) is 11.8 Å². The average Bonchev–Trinajstić information content (AvgIpc) is 3.11. The first-order valence-electron chi connectivity index (χ1n) is 7.95. The lowest BCUT2D eigenvalue weighted by atomic mass is 10.3. The number of benzene rings is 2. The van der Waals surface area contributed by atoms with E-state index in [1.54, 1.807) is 24.9 Å². The van der Waals surface area contributed by atoms with E-state index in [-0.39, 0.29) is 10.9 Å². The van der Waals surface area contributed by atoms with E-state index in [0.29, 0.717) is 16.6 Å². The second-order valence-corrected chi connectivity index (χ2v) is 7.24. The van der Waals surface area contributed by atoms with Crippen molar-refractivity contribution in [2.75, 3.05) is 12.4 Å². The summed E-state index contributed by atoms with van der Waals surface area (Å²) in [6, 6.07) is 11.2. The van der Waals surface area contributed by atoms with Gasteiger partial charge in [0, 0.05) is 0 Å². The second kappa shape index (κ2) is 8.41. The molecule has 0 bridgehead atoms. The Morgan fingerprint density at radius 1 is 1.33 bits per heavy atom. The molecule has 0 unspecified atom stereocenters. The molecule has 0 aliphatic carbocycles. The zero-order valence-electron chi connectivity index (χ0n) is 14.5. The van der Waals surface area contributed by atoms with Crippen molar-refractivity contribution in [2.24, 2.45) is 0 Å². The number of anilines is 1. The highest BCUT2D eigenvalue weighted by Gasteiger charge is 2.20. The number of hydrogen-bond acceptors (Lipinski definition) is 5. The third-order valence-corrected chi connectivity index (χ3v) is 5.07. The van der Waals surface area contributed by atoms with Crippen LogP contribution in [0.2, 0.25) is 5.02 Å². The molecule has 9 heteroatoms. The normalized spacial score (nSPS) is 11.9. The van der Waals surface area contributed by atoms with Gasteiger partial charge in [-0.3, -0.25) is 9.36 Å². The number of para-hydroxylation sites is 2. The van der Waals surface area contributed by atoms with Crippen molar-refractivity contribution in [1.29, 1.82) is 0 Å². The molecule has 1 N–H and O–H groups in total. The molecule has 0 aliphatic heterocycles. The first kappa shape index (κ1) is 19.2. The summed E-state index contributed by atoms with van der Waals surface area (Å²) in [5, 5.41) is 10.9. The third kappa shape index (κ3) is 4.40. The molecule has 0 fully saturated rings. The van der Waals surface area contributed by atoms with E-state index in [2.05, 4.69) is 15.5 Å². The molecule has 27 heavy (non-hydrogen) atoms. The zero-order valence-corrected chi connectivity index (χ0v) is 16.1. The molecule has 0 radical (unpaired) electrons. The first-order chi connectivity index (χ1) is 13.0. The zero-order chi connectivity index (χ0) is 19.4. The van der Waals surface area contributed by atoms with Crippen LogP contribution >= 0.6 is 23.4 Å². The van der Waals surface area contributed by atoms with Crippen LogP contribution in [0.1, 0.15) is 6.92 Å². The number of rotatable bonds is 6. The molecule has 3 aromatic rings. The maximum atomic E-state index is 13.1. The third-order valence-electron chi connectivity index (χ3n) is 3.70. The molecule has 0 saturated carbocycles. The van der Waals surface area contributed by atoms with Gasteiger partial charge in [0.15, 0.2) is 5.16 Å². The predicted octanol–water partition coefficient (Wildman–Crippen LogP) is 4.19. The molecule has 140 valence electrons. The summed E-state index contributed by atoms with van der Waals surface area (Å²) in [4.78, 5) is 12.5. The van der Waals surface area contributed by atoms with Crippen LogP contribution < -0.4 is 10.1 Å². The molecule has 0 aliphatic rings. The van der Waals surface area contributed by atoms with Gasteiger partial charge in [0.05, 0.1) is 28.8 Å². The number of ether oxygens (including phenoxy) is 1. The highest BCUT2D eigenvalue weighted by Crippen LogP contribution is 2.29. The Bertz CT molecular complexity index is 966. The summed E-state index contributed by atoms with van der Waals surface area (Å²) in [6.45, 7) is 1.73. The van der Waals surface area contributed by atoms with E-state index < -0.39 is 11.1 Å². The largest absolute Gasteiger partial charge is 0.495 e. The number of carbonyl (C=O) groups excluding carboxylic acids is 1. The van der Waals surface area contributed by atoms with Crippen LogP contribution in [0.5, 0.6) is 5.75 Å². The molecule has 0 spiro atoms. The van der Waals surface area contributed by atoms with Crippen LogP contribution in [0.15, 0.2) is 53.9 Å². The van der Waals surface area contributed by atoms with Crippen LogP contribution in [-0.2, 0) is 4.79 Å². The van der Waals surface area contributed by atoms with Crippen LogP contribution in [-0.4, -0.2) is 33.0 Å². The Hall–Kier alpha value is -2.58. The predicted molar refractivity (Wildman–Crippen MR) is 103 cm³/mol. The van der Waals surface area contributed by atoms with Gasteiger partial charge in [-0.05, 0) is 37.3 Å². The molecule has 6 nitrogen and oxygen atoms in total. The molecule has 1 atom stereocenters. The molecular formula is C18H16ClFN4O2S. The number of thioether (sulfide) groups is 1. The Morgan fingerprint density at radius 2 is 2.11 bits per heavy atom. The standard InChI is InChI=1S/C18H16ClFN4O2S/c1-11(17(25)22-14-8-7-12(20)9-13(14)19)27-18-23-21-10-24(18)15-5-3-4-6-16(15)26-2/h3-11H,1-2H3,(H,22,25)/t11-/m0/s1. The fourth-order valence-electron chi connectivity index (χ4n) is 2.34. The van der Waals surface area contributed by atoms with E-state index in [1.165, 1.54) is 23.9 Å². The van der Waals surface area contributed by atoms with Gasteiger partial charge in [-0.2, -0.15) is 0 Å². The van der Waals surface area contributed by atoms with E-state index in [9.17, 15) is 9.18 Å². The lowest BCUT2D eigenvalue weighted by Crippen LogP contribution is -2.23. The molecule has 1 heterocycles. The van der Waals surface area contributed by atoms with Crippen molar-refractivity contribution in [3.8, 4) is 11.4 Å². The lowest BCUT2D eigenvalue weighted by Gasteiger charge is -2.14. The molecule has 1 aromatic heterocycles. The fraction of sp³-hybridized carbons (Fsp3) is 0.167. The van der Waals surface area contributed by atoms with Gasteiger partial charge >= 0.3 is 0 Å². The smallest absolute Gasteiger partial charge is 0.237 e. The first-order valence-corrected chi connectivity index (χ1v) is 9.21. The van der Waals surface area contributed by atoms with Crippen molar-refractivity contribution in [2.45, 2.75) is 17.3 Å². The Kier molecular flexibility index (Phi) is 5.98. The lowest BCUT2D eigenvalue weighted by molar-refractivity contribution is -0.115.